The number of carbonyl (C=O) groups is 1. The lowest BCUT2D eigenvalue weighted by molar-refractivity contribution is 0.252. The molecule has 7 heteroatoms. The third-order valence-corrected chi connectivity index (χ3v) is 2.20. The zero-order valence-electron chi connectivity index (χ0n) is 10.2. The Labute approximate surface area is 110 Å². The highest BCUT2D eigenvalue weighted by Crippen LogP contribution is 2.01. The van der Waals surface area contributed by atoms with Gasteiger partial charge in [-0.05, 0) is 12.1 Å². The van der Waals surface area contributed by atoms with Crippen LogP contribution >= 0.6 is 0 Å². The van der Waals surface area contributed by atoms with Crippen LogP contribution < -0.4 is 16.0 Å². The maximum Gasteiger partial charge on any atom is 0.319 e. The van der Waals surface area contributed by atoms with Gasteiger partial charge in [0.15, 0.2) is 0 Å². The zero-order chi connectivity index (χ0) is 13.3. The smallest absolute Gasteiger partial charge is 0.319 e. The zero-order valence-corrected chi connectivity index (χ0v) is 10.2. The highest BCUT2D eigenvalue weighted by Gasteiger charge is 2.00. The van der Waals surface area contributed by atoms with Crippen molar-refractivity contribution in [1.82, 2.24) is 20.3 Å². The summed E-state index contributed by atoms with van der Waals surface area (Å²) in [6.45, 7) is 1.04. The molecule has 0 spiro atoms. The van der Waals surface area contributed by atoms with Crippen LogP contribution in [-0.4, -0.2) is 34.1 Å². The molecule has 0 fully saturated rings. The van der Waals surface area contributed by atoms with Gasteiger partial charge in [-0.25, -0.2) is 9.78 Å². The molecule has 0 unspecified atom stereocenters. The minimum absolute atomic E-state index is 0.269. The fraction of sp³-hybridized carbons (Fsp3) is 0.167. The normalized spacial score (nSPS) is 9.68. The van der Waals surface area contributed by atoms with Gasteiger partial charge in [0.25, 0.3) is 0 Å². The van der Waals surface area contributed by atoms with E-state index in [-0.39, 0.29) is 6.03 Å². The molecular weight excluding hydrogens is 244 g/mol. The Balaban J connectivity index is 1.65. The largest absolute Gasteiger partial charge is 0.367 e. The molecule has 0 aromatic carbocycles. The van der Waals surface area contributed by atoms with Crippen LogP contribution in [0.15, 0.2) is 43.1 Å². The molecule has 0 aliphatic rings. The van der Waals surface area contributed by atoms with Crippen molar-refractivity contribution in [3.8, 4) is 0 Å². The number of pyridine rings is 1. The molecule has 0 aliphatic heterocycles. The second-order valence-electron chi connectivity index (χ2n) is 3.64. The number of amides is 2. The molecule has 98 valence electrons. The van der Waals surface area contributed by atoms with Crippen LogP contribution in [0, 0.1) is 0 Å². The van der Waals surface area contributed by atoms with Crippen molar-refractivity contribution in [2.75, 3.05) is 23.7 Å². The minimum atomic E-state index is -0.269. The molecule has 0 saturated carbocycles. The summed E-state index contributed by atoms with van der Waals surface area (Å²) in [5.74, 6) is 0.678. The van der Waals surface area contributed by atoms with E-state index in [9.17, 15) is 4.79 Å². The molecule has 0 radical (unpaired) electrons. The maximum absolute atomic E-state index is 11.5. The molecule has 0 aliphatic carbocycles. The van der Waals surface area contributed by atoms with Crippen molar-refractivity contribution in [3.05, 3.63) is 43.1 Å². The molecule has 0 atom stereocenters. The van der Waals surface area contributed by atoms with Crippen LogP contribution in [0.5, 0.6) is 0 Å². The first-order valence-electron chi connectivity index (χ1n) is 5.79. The molecule has 19 heavy (non-hydrogen) atoms. The average Bonchev–Trinajstić information content (AvgIpc) is 2.46. The summed E-state index contributed by atoms with van der Waals surface area (Å²) >= 11 is 0. The number of nitrogens with zero attached hydrogens (tertiary/aromatic N) is 3. The second-order valence-corrected chi connectivity index (χ2v) is 3.64. The van der Waals surface area contributed by atoms with Gasteiger partial charge in [-0.2, -0.15) is 0 Å². The minimum Gasteiger partial charge on any atom is -0.367 e. The summed E-state index contributed by atoms with van der Waals surface area (Å²) in [7, 11) is 0. The van der Waals surface area contributed by atoms with Gasteiger partial charge in [0.05, 0.1) is 18.1 Å². The van der Waals surface area contributed by atoms with Crippen molar-refractivity contribution < 1.29 is 4.79 Å². The van der Waals surface area contributed by atoms with E-state index in [1.165, 1.54) is 0 Å². The topological polar surface area (TPSA) is 91.8 Å². The van der Waals surface area contributed by atoms with Crippen molar-refractivity contribution in [1.29, 1.82) is 0 Å². The number of carbonyl (C=O) groups excluding carboxylic acids is 1. The highest BCUT2D eigenvalue weighted by molar-refractivity contribution is 5.88. The Morgan fingerprint density at radius 1 is 1.11 bits per heavy atom. The summed E-state index contributed by atoms with van der Waals surface area (Å²) in [5, 5.41) is 8.42. The standard InChI is InChI=1S/C12H14N6O/c19-12(18-10-2-1-3-13-8-10)17-7-6-16-11-9-14-4-5-15-11/h1-5,8-9H,6-7H2,(H,15,16)(H2,17,18,19). The van der Waals surface area contributed by atoms with Crippen LogP contribution in [0.1, 0.15) is 0 Å². The first-order chi connectivity index (χ1) is 9.34. The predicted molar refractivity (Wildman–Crippen MR) is 71.8 cm³/mol. The second kappa shape index (κ2) is 6.90. The van der Waals surface area contributed by atoms with Gasteiger partial charge >= 0.3 is 6.03 Å². The summed E-state index contributed by atoms with van der Waals surface area (Å²) < 4.78 is 0. The van der Waals surface area contributed by atoms with Gasteiger partial charge in [0.1, 0.15) is 5.82 Å². The van der Waals surface area contributed by atoms with Gasteiger partial charge in [-0.3, -0.25) is 9.97 Å². The third-order valence-electron chi connectivity index (χ3n) is 2.20. The Morgan fingerprint density at radius 3 is 2.74 bits per heavy atom. The van der Waals surface area contributed by atoms with E-state index >= 15 is 0 Å². The lowest BCUT2D eigenvalue weighted by Crippen LogP contribution is -2.32. The van der Waals surface area contributed by atoms with Gasteiger partial charge in [0.2, 0.25) is 0 Å². The summed E-state index contributed by atoms with van der Waals surface area (Å²) in [6, 6.07) is 3.25. The average molecular weight is 258 g/mol. The molecule has 2 heterocycles. The third kappa shape index (κ3) is 4.58. The van der Waals surface area contributed by atoms with Gasteiger partial charge in [-0.15, -0.1) is 0 Å². The van der Waals surface area contributed by atoms with E-state index in [1.807, 2.05) is 0 Å². The number of urea groups is 1. The van der Waals surface area contributed by atoms with Gasteiger partial charge < -0.3 is 16.0 Å². The van der Waals surface area contributed by atoms with E-state index in [4.69, 9.17) is 0 Å². The number of anilines is 2. The van der Waals surface area contributed by atoms with Crippen molar-refractivity contribution >= 4 is 17.5 Å². The Morgan fingerprint density at radius 2 is 2.00 bits per heavy atom. The first kappa shape index (κ1) is 12.7. The quantitative estimate of drug-likeness (QED) is 0.699. The number of aromatic nitrogens is 3. The predicted octanol–water partition coefficient (Wildman–Crippen LogP) is 1.11. The Hall–Kier alpha value is -2.70. The molecule has 7 nitrogen and oxygen atoms in total. The van der Waals surface area contributed by atoms with Crippen molar-refractivity contribution in [2.24, 2.45) is 0 Å². The SMILES string of the molecule is O=C(NCCNc1cnccn1)Nc1cccnc1. The van der Waals surface area contributed by atoms with E-state index in [0.717, 1.165) is 0 Å². The molecule has 2 aromatic heterocycles. The van der Waals surface area contributed by atoms with Crippen molar-refractivity contribution in [2.45, 2.75) is 0 Å². The highest BCUT2D eigenvalue weighted by atomic mass is 16.2. The van der Waals surface area contributed by atoms with E-state index in [0.29, 0.717) is 24.6 Å². The molecule has 0 saturated heterocycles. The Kier molecular flexibility index (Phi) is 4.63. The van der Waals surface area contributed by atoms with E-state index in [2.05, 4.69) is 30.9 Å². The molecule has 2 amide bonds. The monoisotopic (exact) mass is 258 g/mol. The van der Waals surface area contributed by atoms with Crippen LogP contribution in [0.4, 0.5) is 16.3 Å². The number of hydrogen-bond donors (Lipinski definition) is 3. The first-order valence-corrected chi connectivity index (χ1v) is 5.79. The molecule has 2 rings (SSSR count). The van der Waals surface area contributed by atoms with Crippen LogP contribution in [0.25, 0.3) is 0 Å². The Bertz CT molecular complexity index is 504. The summed E-state index contributed by atoms with van der Waals surface area (Å²) in [4.78, 5) is 23.4. The van der Waals surface area contributed by atoms with E-state index in [1.54, 1.807) is 43.1 Å². The van der Waals surface area contributed by atoms with Crippen molar-refractivity contribution in [3.63, 3.8) is 0 Å². The fourth-order valence-corrected chi connectivity index (χ4v) is 1.37. The molecule has 2 aromatic rings. The fourth-order valence-electron chi connectivity index (χ4n) is 1.37. The van der Waals surface area contributed by atoms with Crippen LogP contribution in [0.2, 0.25) is 0 Å². The van der Waals surface area contributed by atoms with Gasteiger partial charge in [0, 0.05) is 31.7 Å². The maximum atomic E-state index is 11.5. The molecule has 3 N–H and O–H groups in total. The summed E-state index contributed by atoms with van der Waals surface area (Å²) in [6.07, 6.45) is 8.05. The van der Waals surface area contributed by atoms with Gasteiger partial charge in [-0.1, -0.05) is 0 Å². The lowest BCUT2D eigenvalue weighted by atomic mass is 10.4. The number of nitrogens with one attached hydrogen (secondary N) is 3. The molecular formula is C12H14N6O. The van der Waals surface area contributed by atoms with E-state index < -0.39 is 0 Å². The van der Waals surface area contributed by atoms with Crippen LogP contribution in [0.3, 0.4) is 0 Å². The number of rotatable bonds is 5. The number of hydrogen-bond acceptors (Lipinski definition) is 5. The molecule has 0 bridgehead atoms. The lowest BCUT2D eigenvalue weighted by Gasteiger charge is -2.08. The summed E-state index contributed by atoms with van der Waals surface area (Å²) in [5.41, 5.74) is 0.655. The van der Waals surface area contributed by atoms with Crippen LogP contribution in [-0.2, 0) is 0 Å².